The molecule has 29 heavy (non-hydrogen) atoms. The highest BCUT2D eigenvalue weighted by molar-refractivity contribution is 14.0. The third-order valence-corrected chi connectivity index (χ3v) is 8.71. The van der Waals surface area contributed by atoms with Gasteiger partial charge in [0.2, 0.25) is 0 Å². The van der Waals surface area contributed by atoms with Gasteiger partial charge >= 0.3 is 0 Å². The number of thiophene rings is 1. The summed E-state index contributed by atoms with van der Waals surface area (Å²) < 4.78 is 27.6. The molecule has 0 spiro atoms. The second-order valence-electron chi connectivity index (χ2n) is 6.60. The monoisotopic (exact) mass is 569 g/mol. The van der Waals surface area contributed by atoms with Gasteiger partial charge in [-0.1, -0.05) is 6.42 Å². The van der Waals surface area contributed by atoms with Crippen molar-refractivity contribution in [2.75, 3.05) is 19.6 Å². The molecule has 0 unspecified atom stereocenters. The normalized spacial score (nSPS) is 15.7. The van der Waals surface area contributed by atoms with E-state index in [-0.39, 0.29) is 24.0 Å². The van der Waals surface area contributed by atoms with Crippen LogP contribution in [-0.2, 0) is 23.1 Å². The Morgan fingerprint density at radius 1 is 1.21 bits per heavy atom. The largest absolute Gasteiger partial charge is 0.357 e. The Morgan fingerprint density at radius 3 is 2.62 bits per heavy atom. The SMILES string of the molecule is CCNC(=NCc1ccc(S(=O)(=O)N2CCCCC2)s1)NCc1ncc(C)s1.I. The van der Waals surface area contributed by atoms with Gasteiger partial charge in [0.15, 0.2) is 5.96 Å². The number of piperidine rings is 1. The predicted molar refractivity (Wildman–Crippen MR) is 131 cm³/mol. The molecule has 0 aliphatic carbocycles. The van der Waals surface area contributed by atoms with E-state index in [2.05, 4.69) is 20.6 Å². The van der Waals surface area contributed by atoms with Gasteiger partial charge in [0.1, 0.15) is 9.22 Å². The lowest BCUT2D eigenvalue weighted by atomic mass is 10.2. The van der Waals surface area contributed by atoms with E-state index in [0.29, 0.717) is 36.3 Å². The Labute approximate surface area is 198 Å². The fraction of sp³-hybridized carbons (Fsp3) is 0.556. The Balaban J connectivity index is 0.00000300. The van der Waals surface area contributed by atoms with Gasteiger partial charge in [-0.05, 0) is 38.8 Å². The van der Waals surface area contributed by atoms with Crippen LogP contribution in [-0.4, -0.2) is 43.3 Å². The van der Waals surface area contributed by atoms with Gasteiger partial charge < -0.3 is 10.6 Å². The van der Waals surface area contributed by atoms with Crippen molar-refractivity contribution in [3.05, 3.63) is 33.1 Å². The molecule has 7 nitrogen and oxygen atoms in total. The smallest absolute Gasteiger partial charge is 0.252 e. The number of guanidine groups is 1. The lowest BCUT2D eigenvalue weighted by molar-refractivity contribution is 0.347. The zero-order valence-corrected chi connectivity index (χ0v) is 21.5. The minimum absolute atomic E-state index is 0. The number of thiazole rings is 1. The minimum atomic E-state index is -3.37. The number of rotatable bonds is 7. The first kappa shape index (κ1) is 24.5. The van der Waals surface area contributed by atoms with Crippen LogP contribution in [0.3, 0.4) is 0 Å². The summed E-state index contributed by atoms with van der Waals surface area (Å²) in [5, 5.41) is 7.50. The van der Waals surface area contributed by atoms with Crippen molar-refractivity contribution in [2.24, 2.45) is 4.99 Å². The maximum absolute atomic E-state index is 12.8. The molecular weight excluding hydrogens is 541 g/mol. The molecule has 162 valence electrons. The number of aromatic nitrogens is 1. The summed E-state index contributed by atoms with van der Waals surface area (Å²) >= 11 is 2.96. The summed E-state index contributed by atoms with van der Waals surface area (Å²) in [6.07, 6.45) is 4.86. The van der Waals surface area contributed by atoms with E-state index < -0.39 is 10.0 Å². The van der Waals surface area contributed by atoms with E-state index in [9.17, 15) is 8.42 Å². The van der Waals surface area contributed by atoms with E-state index in [1.165, 1.54) is 16.2 Å². The highest BCUT2D eigenvalue weighted by Gasteiger charge is 2.27. The standard InChI is InChI=1S/C18H27N5O2S3.HI/c1-3-19-18(22-13-16-20-11-14(2)26-16)21-12-15-7-8-17(27-15)28(24,25)23-9-5-4-6-10-23;/h7-8,11H,3-6,9-10,12-13H2,1-2H3,(H2,19,21,22);1H. The summed E-state index contributed by atoms with van der Waals surface area (Å²) in [5.41, 5.74) is 0. The third kappa shape index (κ3) is 6.88. The van der Waals surface area contributed by atoms with Crippen molar-refractivity contribution >= 4 is 62.6 Å². The Kier molecular flexibility index (Phi) is 9.79. The molecule has 0 radical (unpaired) electrons. The number of aliphatic imine (C=N–C) groups is 1. The molecule has 2 aromatic rings. The molecule has 11 heteroatoms. The molecule has 0 aromatic carbocycles. The first-order valence-corrected chi connectivity index (χ1v) is 12.6. The van der Waals surface area contributed by atoms with Crippen LogP contribution in [0.25, 0.3) is 0 Å². The molecular formula is C18H28IN5O2S3. The molecule has 0 bridgehead atoms. The molecule has 3 rings (SSSR count). The molecule has 1 aliphatic rings. The van der Waals surface area contributed by atoms with Crippen LogP contribution in [0.15, 0.2) is 27.5 Å². The van der Waals surface area contributed by atoms with Crippen molar-refractivity contribution in [2.45, 2.75) is 50.4 Å². The van der Waals surface area contributed by atoms with Gasteiger partial charge in [0.05, 0.1) is 13.1 Å². The Morgan fingerprint density at radius 2 is 1.97 bits per heavy atom. The zero-order valence-electron chi connectivity index (χ0n) is 16.7. The van der Waals surface area contributed by atoms with Crippen LogP contribution in [0.1, 0.15) is 40.9 Å². The Bertz CT molecular complexity index is 904. The number of halogens is 1. The van der Waals surface area contributed by atoms with E-state index >= 15 is 0 Å². The summed E-state index contributed by atoms with van der Waals surface area (Å²) in [6.45, 7) is 7.10. The summed E-state index contributed by atoms with van der Waals surface area (Å²) in [5.74, 6) is 0.698. The van der Waals surface area contributed by atoms with Crippen LogP contribution in [0.5, 0.6) is 0 Å². The molecule has 1 aliphatic heterocycles. The van der Waals surface area contributed by atoms with Crippen LogP contribution >= 0.6 is 46.7 Å². The zero-order chi connectivity index (χ0) is 20.0. The highest BCUT2D eigenvalue weighted by Crippen LogP contribution is 2.27. The maximum atomic E-state index is 12.8. The number of hydrogen-bond donors (Lipinski definition) is 2. The second kappa shape index (κ2) is 11.6. The highest BCUT2D eigenvalue weighted by atomic mass is 127. The molecule has 1 saturated heterocycles. The number of hydrogen-bond acceptors (Lipinski definition) is 6. The van der Waals surface area contributed by atoms with Crippen molar-refractivity contribution in [3.8, 4) is 0 Å². The topological polar surface area (TPSA) is 86.7 Å². The van der Waals surface area contributed by atoms with E-state index in [1.54, 1.807) is 21.7 Å². The van der Waals surface area contributed by atoms with Gasteiger partial charge in [0.25, 0.3) is 10.0 Å². The lowest BCUT2D eigenvalue weighted by Gasteiger charge is -2.25. The van der Waals surface area contributed by atoms with Crippen LogP contribution in [0.4, 0.5) is 0 Å². The quantitative estimate of drug-likeness (QED) is 0.303. The van der Waals surface area contributed by atoms with Crippen molar-refractivity contribution in [3.63, 3.8) is 0 Å². The van der Waals surface area contributed by atoms with Crippen LogP contribution in [0, 0.1) is 6.92 Å². The number of nitrogens with zero attached hydrogens (tertiary/aromatic N) is 3. The van der Waals surface area contributed by atoms with Crippen molar-refractivity contribution in [1.29, 1.82) is 0 Å². The Hall–Kier alpha value is -0.760. The fourth-order valence-corrected chi connectivity index (χ4v) is 6.63. The van der Waals surface area contributed by atoms with Gasteiger partial charge in [-0.25, -0.2) is 18.4 Å². The van der Waals surface area contributed by atoms with Gasteiger partial charge in [-0.2, -0.15) is 4.31 Å². The first-order valence-electron chi connectivity index (χ1n) is 9.51. The fourth-order valence-electron chi connectivity index (χ4n) is 2.96. The average molecular weight is 570 g/mol. The summed E-state index contributed by atoms with van der Waals surface area (Å²) in [6, 6.07) is 3.57. The molecule has 3 heterocycles. The molecule has 0 saturated carbocycles. The maximum Gasteiger partial charge on any atom is 0.252 e. The number of aryl methyl sites for hydroxylation is 1. The van der Waals surface area contributed by atoms with Gasteiger partial charge in [0, 0.05) is 35.6 Å². The predicted octanol–water partition coefficient (Wildman–Crippen LogP) is 3.56. The second-order valence-corrected chi connectivity index (χ2v) is 11.3. The van der Waals surface area contributed by atoms with Gasteiger partial charge in [-0.3, -0.25) is 0 Å². The average Bonchev–Trinajstić information content (AvgIpc) is 3.34. The number of sulfonamides is 1. The summed E-state index contributed by atoms with van der Waals surface area (Å²) in [7, 11) is -3.37. The molecule has 1 fully saturated rings. The third-order valence-electron chi connectivity index (χ3n) is 4.36. The molecule has 2 N–H and O–H groups in total. The van der Waals surface area contributed by atoms with Gasteiger partial charge in [-0.15, -0.1) is 46.7 Å². The number of nitrogens with one attached hydrogen (secondary N) is 2. The van der Waals surface area contributed by atoms with E-state index in [1.807, 2.05) is 26.1 Å². The lowest BCUT2D eigenvalue weighted by Crippen LogP contribution is -2.36. The minimum Gasteiger partial charge on any atom is -0.357 e. The molecule has 2 aromatic heterocycles. The van der Waals surface area contributed by atoms with Crippen molar-refractivity contribution < 1.29 is 8.42 Å². The molecule has 0 atom stereocenters. The first-order chi connectivity index (χ1) is 13.5. The van der Waals surface area contributed by atoms with E-state index in [4.69, 9.17) is 0 Å². The molecule has 0 amide bonds. The van der Waals surface area contributed by atoms with E-state index in [0.717, 1.165) is 35.7 Å². The van der Waals surface area contributed by atoms with Crippen LogP contribution < -0.4 is 10.6 Å². The van der Waals surface area contributed by atoms with Crippen molar-refractivity contribution in [1.82, 2.24) is 19.9 Å². The summed E-state index contributed by atoms with van der Waals surface area (Å²) in [4.78, 5) is 11.0. The van der Waals surface area contributed by atoms with Crippen LogP contribution in [0.2, 0.25) is 0 Å².